The van der Waals surface area contributed by atoms with Gasteiger partial charge >= 0.3 is 17.1 Å². The van der Waals surface area contributed by atoms with Crippen LogP contribution in [-0.2, 0) is 17.7 Å². The van der Waals surface area contributed by atoms with Crippen molar-refractivity contribution in [2.45, 2.75) is 128 Å². The van der Waals surface area contributed by atoms with Gasteiger partial charge in [-0.1, -0.05) is 111 Å². The van der Waals surface area contributed by atoms with E-state index in [1.54, 1.807) is 28.4 Å². The number of hydrogen-bond acceptors (Lipinski definition) is 9. The highest BCUT2D eigenvalue weighted by molar-refractivity contribution is 9.35. The Bertz CT molecular complexity index is 436. The summed E-state index contributed by atoms with van der Waals surface area (Å²) in [6.07, 6.45) is 21.7. The van der Waals surface area contributed by atoms with Crippen molar-refractivity contribution < 1.29 is 17.7 Å². The van der Waals surface area contributed by atoms with Crippen LogP contribution in [0.4, 0.5) is 0 Å². The number of rotatable bonds is 30. The Morgan fingerprint density at radius 2 is 0.649 bits per heavy atom. The van der Waals surface area contributed by atoms with Crippen LogP contribution in [0.15, 0.2) is 0 Å². The van der Waals surface area contributed by atoms with Gasteiger partial charge in [0, 0.05) is 39.9 Å². The quantitative estimate of drug-likeness (QED) is 0.0428. The molecule has 37 heavy (non-hydrogen) atoms. The van der Waals surface area contributed by atoms with Gasteiger partial charge in [0.25, 0.3) is 0 Å². The predicted octanol–water partition coefficient (Wildman–Crippen LogP) is 11.3. The van der Waals surface area contributed by atoms with Gasteiger partial charge in [0.05, 0.1) is 0 Å². The summed E-state index contributed by atoms with van der Waals surface area (Å²) in [5.41, 5.74) is 0. The summed E-state index contributed by atoms with van der Waals surface area (Å²) >= 11 is 0. The van der Waals surface area contributed by atoms with Crippen molar-refractivity contribution in [1.29, 1.82) is 0 Å². The average Bonchev–Trinajstić information content (AvgIpc) is 2.92. The smallest absolute Gasteiger partial charge is 0.334 e. The van der Waals surface area contributed by atoms with Gasteiger partial charge in [0.2, 0.25) is 0 Å². The molecule has 4 nitrogen and oxygen atoms in total. The van der Waals surface area contributed by atoms with Crippen molar-refractivity contribution in [1.82, 2.24) is 0 Å². The lowest BCUT2D eigenvalue weighted by molar-refractivity contribution is 0.247. The molecular formula is C26H58O4S5Si2. The molecule has 0 radical (unpaired) electrons. The SMILES string of the molecule is CO[Si](C)(CCCCCCCCCCSSSSSCCCCCCCCCC[Si](C)(OC)OC)OC. The lowest BCUT2D eigenvalue weighted by Crippen LogP contribution is -2.35. The van der Waals surface area contributed by atoms with E-state index in [1.165, 1.54) is 114 Å². The highest BCUT2D eigenvalue weighted by atomic mass is 33.8. The van der Waals surface area contributed by atoms with Crippen LogP contribution in [0.5, 0.6) is 0 Å². The van der Waals surface area contributed by atoms with Crippen LogP contribution in [0.2, 0.25) is 25.2 Å². The molecule has 0 heterocycles. The molecule has 0 aromatic carbocycles. The monoisotopic (exact) mass is 650 g/mol. The molecule has 0 aliphatic heterocycles. The van der Waals surface area contributed by atoms with Gasteiger partial charge < -0.3 is 17.7 Å². The second-order valence-electron chi connectivity index (χ2n) is 10.1. The number of unbranched alkanes of at least 4 members (excludes halogenated alkanes) is 14. The molecular weight excluding hydrogens is 593 g/mol. The van der Waals surface area contributed by atoms with E-state index in [-0.39, 0.29) is 0 Å². The van der Waals surface area contributed by atoms with Crippen LogP contribution in [-0.4, -0.2) is 57.1 Å². The molecule has 0 saturated carbocycles. The van der Waals surface area contributed by atoms with E-state index in [0.29, 0.717) is 0 Å². The highest BCUT2D eigenvalue weighted by Gasteiger charge is 2.28. The maximum absolute atomic E-state index is 5.56. The van der Waals surface area contributed by atoms with Crippen LogP contribution in [0.25, 0.3) is 0 Å². The second-order valence-corrected chi connectivity index (χ2v) is 25.3. The van der Waals surface area contributed by atoms with Crippen LogP contribution in [0.3, 0.4) is 0 Å². The van der Waals surface area contributed by atoms with E-state index in [1.807, 2.05) is 51.1 Å². The standard InChI is InChI=1S/C26H58O4S5Si2/c1-27-36(5,28-2)25-21-17-13-9-7-11-15-19-23-31-33-35-34-32-24-20-16-12-8-10-14-18-22-26-37(6,29-3)30-4/h7-26H2,1-6H3. The summed E-state index contributed by atoms with van der Waals surface area (Å²) < 4.78 is 22.2. The first-order valence-electron chi connectivity index (χ1n) is 14.4. The summed E-state index contributed by atoms with van der Waals surface area (Å²) in [4.78, 5) is 0. The predicted molar refractivity (Wildman–Crippen MR) is 182 cm³/mol. The zero-order valence-corrected chi connectivity index (χ0v) is 30.9. The molecule has 0 aromatic rings. The van der Waals surface area contributed by atoms with E-state index < -0.39 is 17.1 Å². The number of hydrogen-bond donors (Lipinski definition) is 0. The van der Waals surface area contributed by atoms with Crippen molar-refractivity contribution in [2.75, 3.05) is 39.9 Å². The van der Waals surface area contributed by atoms with Gasteiger partial charge in [-0.2, -0.15) is 0 Å². The Balaban J connectivity index is 3.17. The zero-order chi connectivity index (χ0) is 27.5. The van der Waals surface area contributed by atoms with E-state index in [9.17, 15) is 0 Å². The molecule has 0 amide bonds. The van der Waals surface area contributed by atoms with Crippen molar-refractivity contribution >= 4 is 68.2 Å². The first-order chi connectivity index (χ1) is 17.9. The fraction of sp³-hybridized carbons (Fsp3) is 1.00. The van der Waals surface area contributed by atoms with Gasteiger partial charge in [-0.15, -0.1) is 0 Å². The van der Waals surface area contributed by atoms with Crippen molar-refractivity contribution in [3.63, 3.8) is 0 Å². The molecule has 0 aliphatic carbocycles. The summed E-state index contributed by atoms with van der Waals surface area (Å²) in [7, 11) is 13.5. The first-order valence-corrected chi connectivity index (χ1v) is 25.9. The third-order valence-electron chi connectivity index (χ3n) is 7.10. The van der Waals surface area contributed by atoms with Gasteiger partial charge in [-0.05, 0) is 67.5 Å². The largest absolute Gasteiger partial charge is 0.398 e. The lowest BCUT2D eigenvalue weighted by atomic mass is 10.1. The Labute approximate surface area is 252 Å². The summed E-state index contributed by atoms with van der Waals surface area (Å²) in [6.45, 7) is 4.33. The van der Waals surface area contributed by atoms with Gasteiger partial charge in [-0.25, -0.2) is 0 Å². The molecule has 224 valence electrons. The molecule has 0 aromatic heterocycles. The Morgan fingerprint density at radius 1 is 0.378 bits per heavy atom. The molecule has 0 bridgehead atoms. The highest BCUT2D eigenvalue weighted by Crippen LogP contribution is 2.48. The van der Waals surface area contributed by atoms with Gasteiger partial charge in [0.1, 0.15) is 0 Å². The van der Waals surface area contributed by atoms with Crippen LogP contribution < -0.4 is 0 Å². The molecule has 0 N–H and O–H groups in total. The Kier molecular flexibility index (Phi) is 29.7. The van der Waals surface area contributed by atoms with Gasteiger partial charge in [0.15, 0.2) is 0 Å². The maximum Gasteiger partial charge on any atom is 0.334 e. The second kappa shape index (κ2) is 28.2. The van der Waals surface area contributed by atoms with Crippen LogP contribution in [0.1, 0.15) is 103 Å². The van der Waals surface area contributed by atoms with E-state index in [2.05, 4.69) is 13.1 Å². The molecule has 0 saturated heterocycles. The lowest BCUT2D eigenvalue weighted by Gasteiger charge is -2.22. The molecule has 0 aliphatic rings. The average molecular weight is 651 g/mol. The molecule has 0 atom stereocenters. The van der Waals surface area contributed by atoms with E-state index in [0.717, 1.165) is 12.1 Å². The summed E-state index contributed by atoms with van der Waals surface area (Å²) in [5, 5.41) is 0. The third-order valence-corrected chi connectivity index (χ3v) is 21.9. The minimum Gasteiger partial charge on any atom is -0.398 e. The molecule has 11 heteroatoms. The third kappa shape index (κ3) is 25.5. The summed E-state index contributed by atoms with van der Waals surface area (Å²) in [5.74, 6) is 2.58. The summed E-state index contributed by atoms with van der Waals surface area (Å²) in [6, 6.07) is 2.24. The van der Waals surface area contributed by atoms with E-state index in [4.69, 9.17) is 17.7 Å². The fourth-order valence-electron chi connectivity index (χ4n) is 4.03. The Hall–Kier alpha value is 2.02. The van der Waals surface area contributed by atoms with Crippen LogP contribution >= 0.6 is 51.1 Å². The maximum atomic E-state index is 5.56. The minimum absolute atomic E-state index is 1.12. The molecule has 0 spiro atoms. The fourth-order valence-corrected chi connectivity index (χ4v) is 16.0. The van der Waals surface area contributed by atoms with Crippen molar-refractivity contribution in [2.24, 2.45) is 0 Å². The topological polar surface area (TPSA) is 36.9 Å². The van der Waals surface area contributed by atoms with Crippen LogP contribution in [0, 0.1) is 0 Å². The first kappa shape index (κ1) is 39.0. The molecule has 0 fully saturated rings. The van der Waals surface area contributed by atoms with Crippen molar-refractivity contribution in [3.05, 3.63) is 0 Å². The van der Waals surface area contributed by atoms with Crippen molar-refractivity contribution in [3.8, 4) is 0 Å². The zero-order valence-electron chi connectivity index (χ0n) is 24.8. The molecule has 0 unspecified atom stereocenters. The Morgan fingerprint density at radius 3 is 0.946 bits per heavy atom. The van der Waals surface area contributed by atoms with Gasteiger partial charge in [-0.3, -0.25) is 0 Å². The minimum atomic E-state index is -1.83. The van der Waals surface area contributed by atoms with E-state index >= 15 is 0 Å². The molecule has 0 rings (SSSR count). The normalized spacial score (nSPS) is 12.5.